The van der Waals surface area contributed by atoms with Gasteiger partial charge in [0.05, 0.1) is 12.9 Å². The van der Waals surface area contributed by atoms with Crippen molar-refractivity contribution in [2.24, 2.45) is 0 Å². The Hall–Kier alpha value is -2.63. The van der Waals surface area contributed by atoms with Crippen LogP contribution >= 0.6 is 0 Å². The van der Waals surface area contributed by atoms with E-state index in [9.17, 15) is 0 Å². The molecule has 132 valence electrons. The molecule has 0 amide bonds. The normalized spacial score (nSPS) is 24.8. The number of ether oxygens (including phenoxy) is 1. The van der Waals surface area contributed by atoms with Gasteiger partial charge in [-0.25, -0.2) is 15.0 Å². The maximum absolute atomic E-state index is 6.49. The largest absolute Gasteiger partial charge is 0.485 e. The maximum atomic E-state index is 6.49. The summed E-state index contributed by atoms with van der Waals surface area (Å²) in [6.45, 7) is 1.81. The molecule has 1 unspecified atom stereocenters. The van der Waals surface area contributed by atoms with Crippen molar-refractivity contribution in [2.45, 2.75) is 43.7 Å². The zero-order valence-electron chi connectivity index (χ0n) is 14.6. The highest BCUT2D eigenvalue weighted by Gasteiger charge is 2.43. The molecule has 2 aromatic heterocycles. The number of aryl methyl sites for hydroxylation is 1. The third-order valence-corrected chi connectivity index (χ3v) is 6.04. The van der Waals surface area contributed by atoms with Crippen LogP contribution in [0.15, 0.2) is 36.9 Å². The molecule has 1 atom stereocenters. The first-order valence-corrected chi connectivity index (χ1v) is 9.51. The van der Waals surface area contributed by atoms with Gasteiger partial charge in [-0.1, -0.05) is 18.2 Å². The van der Waals surface area contributed by atoms with Crippen LogP contribution in [0, 0.1) is 0 Å². The first-order valence-electron chi connectivity index (χ1n) is 9.51. The quantitative estimate of drug-likeness (QED) is 0.713. The Kier molecular flexibility index (Phi) is 2.90. The van der Waals surface area contributed by atoms with E-state index in [-0.39, 0.29) is 5.60 Å². The van der Waals surface area contributed by atoms with E-state index < -0.39 is 0 Å². The first kappa shape index (κ1) is 14.5. The number of nitrogens with zero attached hydrogens (tertiary/aromatic N) is 5. The van der Waals surface area contributed by atoms with Gasteiger partial charge in [0.15, 0.2) is 17.0 Å². The topological polar surface area (TPSA) is 56.1 Å². The van der Waals surface area contributed by atoms with Gasteiger partial charge < -0.3 is 14.2 Å². The first-order chi connectivity index (χ1) is 12.8. The Morgan fingerprint density at radius 3 is 2.92 bits per heavy atom. The molecule has 1 saturated heterocycles. The number of anilines is 1. The minimum Gasteiger partial charge on any atom is -0.485 e. The molecule has 6 heteroatoms. The van der Waals surface area contributed by atoms with E-state index in [2.05, 4.69) is 48.7 Å². The molecule has 1 spiro atoms. The fourth-order valence-electron chi connectivity index (χ4n) is 4.46. The second kappa shape index (κ2) is 5.19. The molecule has 26 heavy (non-hydrogen) atoms. The summed E-state index contributed by atoms with van der Waals surface area (Å²) in [5.41, 5.74) is 3.11. The number of fused-ring (bicyclic) bond motifs is 2. The van der Waals surface area contributed by atoms with E-state index in [1.54, 1.807) is 6.33 Å². The molecule has 2 aliphatic heterocycles. The second-order valence-corrected chi connectivity index (χ2v) is 7.82. The number of benzene rings is 1. The summed E-state index contributed by atoms with van der Waals surface area (Å²) < 4.78 is 8.69. The Morgan fingerprint density at radius 1 is 1.08 bits per heavy atom. The van der Waals surface area contributed by atoms with Crippen LogP contribution in [0.4, 0.5) is 5.82 Å². The number of para-hydroxylation sites is 1. The highest BCUT2D eigenvalue weighted by atomic mass is 16.5. The van der Waals surface area contributed by atoms with Crippen molar-refractivity contribution in [1.29, 1.82) is 0 Å². The van der Waals surface area contributed by atoms with Crippen LogP contribution in [0.5, 0.6) is 5.75 Å². The number of imidazole rings is 1. The standard InChI is InChI=1S/C20H21N5O/c1-2-4-16-14(3-1)7-8-20(26-16)9-10-24(11-20)18-17-19(22-12-21-18)25(13-23-17)15-5-6-15/h1-4,12-13,15H,5-11H2. The van der Waals surface area contributed by atoms with Crippen molar-refractivity contribution >= 4 is 17.0 Å². The molecule has 0 radical (unpaired) electrons. The van der Waals surface area contributed by atoms with Gasteiger partial charge in [0.1, 0.15) is 17.7 Å². The van der Waals surface area contributed by atoms with Crippen molar-refractivity contribution < 1.29 is 4.74 Å². The second-order valence-electron chi connectivity index (χ2n) is 7.82. The highest BCUT2D eigenvalue weighted by molar-refractivity contribution is 5.83. The number of hydrogen-bond donors (Lipinski definition) is 0. The van der Waals surface area contributed by atoms with Gasteiger partial charge in [-0.15, -0.1) is 0 Å². The average molecular weight is 347 g/mol. The molecule has 2 fully saturated rings. The molecule has 4 heterocycles. The monoisotopic (exact) mass is 347 g/mol. The van der Waals surface area contributed by atoms with Crippen LogP contribution in [-0.2, 0) is 6.42 Å². The van der Waals surface area contributed by atoms with Crippen LogP contribution in [0.2, 0.25) is 0 Å². The number of aromatic nitrogens is 4. The molecule has 0 bridgehead atoms. The van der Waals surface area contributed by atoms with Gasteiger partial charge in [0.2, 0.25) is 0 Å². The van der Waals surface area contributed by atoms with Crippen LogP contribution in [-0.4, -0.2) is 38.2 Å². The zero-order chi connectivity index (χ0) is 17.1. The number of rotatable bonds is 2. The molecular weight excluding hydrogens is 326 g/mol. The third kappa shape index (κ3) is 2.14. The molecule has 3 aromatic rings. The summed E-state index contributed by atoms with van der Waals surface area (Å²) in [6, 6.07) is 9.00. The Bertz CT molecular complexity index is 995. The van der Waals surface area contributed by atoms with Gasteiger partial charge in [-0.3, -0.25) is 0 Å². The summed E-state index contributed by atoms with van der Waals surface area (Å²) in [5.74, 6) is 2.00. The third-order valence-electron chi connectivity index (χ3n) is 6.04. The predicted molar refractivity (Wildman–Crippen MR) is 98.5 cm³/mol. The molecule has 6 nitrogen and oxygen atoms in total. The summed E-state index contributed by atoms with van der Waals surface area (Å²) in [6.07, 6.45) is 9.23. The van der Waals surface area contributed by atoms with Gasteiger partial charge in [0.25, 0.3) is 0 Å². The van der Waals surface area contributed by atoms with E-state index in [1.165, 1.54) is 18.4 Å². The van der Waals surface area contributed by atoms with Crippen molar-refractivity contribution in [3.8, 4) is 5.75 Å². The van der Waals surface area contributed by atoms with Crippen LogP contribution in [0.1, 0.15) is 37.3 Å². The van der Waals surface area contributed by atoms with Crippen LogP contribution in [0.3, 0.4) is 0 Å². The van der Waals surface area contributed by atoms with E-state index in [1.807, 2.05) is 6.33 Å². The minimum atomic E-state index is -0.106. The lowest BCUT2D eigenvalue weighted by Gasteiger charge is -2.35. The van der Waals surface area contributed by atoms with E-state index in [4.69, 9.17) is 4.74 Å². The fourth-order valence-corrected chi connectivity index (χ4v) is 4.46. The van der Waals surface area contributed by atoms with Gasteiger partial charge in [-0.05, 0) is 37.3 Å². The minimum absolute atomic E-state index is 0.106. The summed E-state index contributed by atoms with van der Waals surface area (Å²) in [5, 5.41) is 0. The Labute approximate surface area is 151 Å². The number of hydrogen-bond acceptors (Lipinski definition) is 5. The van der Waals surface area contributed by atoms with Crippen molar-refractivity contribution in [3.63, 3.8) is 0 Å². The lowest BCUT2D eigenvalue weighted by atomic mass is 9.90. The molecule has 1 aromatic carbocycles. The lowest BCUT2D eigenvalue weighted by molar-refractivity contribution is 0.0682. The molecule has 1 aliphatic carbocycles. The Balaban J connectivity index is 1.32. The zero-order valence-corrected chi connectivity index (χ0v) is 14.6. The van der Waals surface area contributed by atoms with E-state index in [0.717, 1.165) is 55.1 Å². The molecular formula is C20H21N5O. The smallest absolute Gasteiger partial charge is 0.165 e. The summed E-state index contributed by atoms with van der Waals surface area (Å²) in [4.78, 5) is 16.1. The molecule has 6 rings (SSSR count). The van der Waals surface area contributed by atoms with Gasteiger partial charge >= 0.3 is 0 Å². The van der Waals surface area contributed by atoms with Crippen LogP contribution < -0.4 is 9.64 Å². The summed E-state index contributed by atoms with van der Waals surface area (Å²) >= 11 is 0. The fraction of sp³-hybridized carbons (Fsp3) is 0.450. The average Bonchev–Trinajstić information content (AvgIpc) is 3.30. The maximum Gasteiger partial charge on any atom is 0.165 e. The Morgan fingerprint density at radius 2 is 2.00 bits per heavy atom. The van der Waals surface area contributed by atoms with Crippen molar-refractivity contribution in [1.82, 2.24) is 19.5 Å². The van der Waals surface area contributed by atoms with Gasteiger partial charge in [-0.2, -0.15) is 0 Å². The van der Waals surface area contributed by atoms with Crippen LogP contribution in [0.25, 0.3) is 11.2 Å². The predicted octanol–water partition coefficient (Wildman–Crippen LogP) is 3.14. The molecule has 1 saturated carbocycles. The van der Waals surface area contributed by atoms with E-state index >= 15 is 0 Å². The van der Waals surface area contributed by atoms with Gasteiger partial charge in [0, 0.05) is 19.0 Å². The van der Waals surface area contributed by atoms with Crippen molar-refractivity contribution in [2.75, 3.05) is 18.0 Å². The summed E-state index contributed by atoms with van der Waals surface area (Å²) in [7, 11) is 0. The lowest BCUT2D eigenvalue weighted by Crippen LogP contribution is -2.42. The highest BCUT2D eigenvalue weighted by Crippen LogP contribution is 2.41. The van der Waals surface area contributed by atoms with E-state index in [0.29, 0.717) is 6.04 Å². The van der Waals surface area contributed by atoms with Crippen molar-refractivity contribution in [3.05, 3.63) is 42.5 Å². The molecule has 3 aliphatic rings. The SMILES string of the molecule is c1ccc2c(c1)CCC1(CCN(c3ncnc4c3ncn4C3CC3)C1)O2. The molecule has 0 N–H and O–H groups in total.